The number of unbranched alkanes of at least 4 members (excludes halogenated alkanes) is 1. The van der Waals surface area contributed by atoms with Gasteiger partial charge in [-0.2, -0.15) is 4.72 Å². The van der Waals surface area contributed by atoms with Gasteiger partial charge in [0.2, 0.25) is 10.0 Å². The van der Waals surface area contributed by atoms with Crippen molar-refractivity contribution in [3.05, 3.63) is 24.3 Å². The number of nitrogens with one attached hydrogen (secondary N) is 1. The Kier molecular flexibility index (Phi) is 8.10. The summed E-state index contributed by atoms with van der Waals surface area (Å²) in [6, 6.07) is 5.61. The van der Waals surface area contributed by atoms with Crippen LogP contribution in [0.3, 0.4) is 0 Å². The highest BCUT2D eigenvalue weighted by atomic mass is 32.2. The van der Waals surface area contributed by atoms with Crippen molar-refractivity contribution in [1.82, 2.24) is 9.62 Å². The molecule has 0 saturated carbocycles. The molecule has 142 valence electrons. The zero-order chi connectivity index (χ0) is 19.0. The van der Waals surface area contributed by atoms with Gasteiger partial charge in [0.05, 0.1) is 18.1 Å². The molecular formula is C15H25N3O6S. The maximum absolute atomic E-state index is 12.5. The number of carbonyl (C=O) groups is 1. The van der Waals surface area contributed by atoms with Gasteiger partial charge in [0.25, 0.3) is 0 Å². The second-order valence-corrected chi connectivity index (χ2v) is 7.17. The first kappa shape index (κ1) is 21.2. The highest BCUT2D eigenvalue weighted by Crippen LogP contribution is 2.17. The minimum atomic E-state index is -4.03. The molecule has 5 N–H and O–H groups in total. The van der Waals surface area contributed by atoms with Gasteiger partial charge in [-0.3, -0.25) is 4.90 Å². The molecule has 0 bridgehead atoms. The quantitative estimate of drug-likeness (QED) is 0.342. The fourth-order valence-corrected chi connectivity index (χ4v) is 3.46. The number of sulfonamides is 1. The summed E-state index contributed by atoms with van der Waals surface area (Å²) in [5.74, 6) is 0.486. The van der Waals surface area contributed by atoms with Crippen LogP contribution in [0.5, 0.6) is 5.75 Å². The van der Waals surface area contributed by atoms with Gasteiger partial charge < -0.3 is 20.7 Å². The van der Waals surface area contributed by atoms with Crippen LogP contribution in [0.15, 0.2) is 29.2 Å². The fraction of sp³-hybridized carbons (Fsp3) is 0.533. The van der Waals surface area contributed by atoms with E-state index in [0.717, 1.165) is 4.90 Å². The van der Waals surface area contributed by atoms with Crippen molar-refractivity contribution in [2.45, 2.75) is 36.9 Å². The molecule has 25 heavy (non-hydrogen) atoms. The van der Waals surface area contributed by atoms with Crippen molar-refractivity contribution in [3.8, 4) is 5.75 Å². The molecule has 0 aliphatic heterocycles. The number of rotatable bonds is 10. The number of ether oxygens (including phenoxy) is 1. The number of aliphatic hydroxyl groups excluding tert-OH is 1. The Morgan fingerprint density at radius 3 is 2.36 bits per heavy atom. The first-order chi connectivity index (χ1) is 11.7. The Balaban J connectivity index is 3.01. The van der Waals surface area contributed by atoms with Crippen molar-refractivity contribution >= 4 is 16.1 Å². The highest BCUT2D eigenvalue weighted by Gasteiger charge is 2.31. The summed E-state index contributed by atoms with van der Waals surface area (Å²) in [7, 11) is -2.58. The number of amides is 1. The third-order valence-electron chi connectivity index (χ3n) is 3.54. The van der Waals surface area contributed by atoms with Crippen LogP contribution >= 0.6 is 0 Å². The van der Waals surface area contributed by atoms with Gasteiger partial charge in [-0.05, 0) is 50.6 Å². The van der Waals surface area contributed by atoms with E-state index in [1.807, 2.05) is 0 Å². The predicted octanol–water partition coefficient (Wildman–Crippen LogP) is 0.399. The number of methoxy groups -OCH3 is 1. The molecular weight excluding hydrogens is 350 g/mol. The molecule has 2 unspecified atom stereocenters. The second-order valence-electron chi connectivity index (χ2n) is 5.45. The summed E-state index contributed by atoms with van der Waals surface area (Å²) in [6.07, 6.45) is -2.86. The molecule has 0 spiro atoms. The molecule has 10 heteroatoms. The summed E-state index contributed by atoms with van der Waals surface area (Å²) >= 11 is 0. The zero-order valence-corrected chi connectivity index (χ0v) is 15.1. The molecule has 1 aromatic rings. The largest absolute Gasteiger partial charge is 0.497 e. The molecule has 0 heterocycles. The molecule has 0 aliphatic rings. The van der Waals surface area contributed by atoms with E-state index in [-0.39, 0.29) is 11.4 Å². The topological polar surface area (TPSA) is 142 Å². The normalized spacial score (nSPS) is 13.9. The first-order valence-corrected chi connectivity index (χ1v) is 9.25. The molecule has 0 fully saturated rings. The Bertz CT molecular complexity index is 648. The number of hydrogen-bond acceptors (Lipinski definition) is 6. The Morgan fingerprint density at radius 2 is 1.92 bits per heavy atom. The highest BCUT2D eigenvalue weighted by molar-refractivity contribution is 7.89. The fourth-order valence-electron chi connectivity index (χ4n) is 2.18. The van der Waals surface area contributed by atoms with E-state index in [9.17, 15) is 23.4 Å². The van der Waals surface area contributed by atoms with Crippen molar-refractivity contribution in [2.75, 3.05) is 20.2 Å². The van der Waals surface area contributed by atoms with E-state index < -0.39 is 28.4 Å². The van der Waals surface area contributed by atoms with Gasteiger partial charge in [-0.15, -0.1) is 0 Å². The van der Waals surface area contributed by atoms with Crippen LogP contribution < -0.4 is 15.2 Å². The van der Waals surface area contributed by atoms with Crippen LogP contribution in [0.25, 0.3) is 0 Å². The standard InChI is InChI=1S/C15H25N3O6S/c1-11(19)14(18(15(20)21)10-4-3-9-16)17-25(22,23)13-7-5-12(24-2)6-8-13/h5-8,11,14,17,19H,3-4,9-10,16H2,1-2H3,(H,20,21). The van der Waals surface area contributed by atoms with E-state index in [1.54, 1.807) is 0 Å². The summed E-state index contributed by atoms with van der Waals surface area (Å²) in [5, 5.41) is 19.3. The lowest BCUT2D eigenvalue weighted by molar-refractivity contribution is 0.0515. The third kappa shape index (κ3) is 6.16. The van der Waals surface area contributed by atoms with E-state index in [1.165, 1.54) is 38.3 Å². The average Bonchev–Trinajstić information content (AvgIpc) is 2.56. The molecule has 0 saturated heterocycles. The maximum atomic E-state index is 12.5. The number of carboxylic acid groups (broad SMARTS) is 1. The van der Waals surface area contributed by atoms with E-state index in [2.05, 4.69) is 4.72 Å². The number of nitrogens with zero attached hydrogens (tertiary/aromatic N) is 1. The van der Waals surface area contributed by atoms with E-state index in [4.69, 9.17) is 10.5 Å². The van der Waals surface area contributed by atoms with Crippen molar-refractivity contribution < 1.29 is 28.2 Å². The van der Waals surface area contributed by atoms with Gasteiger partial charge in [-0.1, -0.05) is 0 Å². The number of nitrogens with two attached hydrogens (primary N) is 1. The smallest absolute Gasteiger partial charge is 0.408 e. The lowest BCUT2D eigenvalue weighted by Gasteiger charge is -2.31. The van der Waals surface area contributed by atoms with Gasteiger partial charge in [0.1, 0.15) is 11.9 Å². The average molecular weight is 375 g/mol. The minimum absolute atomic E-state index is 0.0488. The predicted molar refractivity (Wildman–Crippen MR) is 91.8 cm³/mol. The number of hydrogen-bond donors (Lipinski definition) is 4. The molecule has 0 aliphatic carbocycles. The summed E-state index contributed by atoms with van der Waals surface area (Å²) in [4.78, 5) is 12.3. The van der Waals surface area contributed by atoms with Crippen LogP contribution in [0, 0.1) is 0 Å². The minimum Gasteiger partial charge on any atom is -0.497 e. The zero-order valence-electron chi connectivity index (χ0n) is 14.3. The monoisotopic (exact) mass is 375 g/mol. The van der Waals surface area contributed by atoms with E-state index >= 15 is 0 Å². The summed E-state index contributed by atoms with van der Waals surface area (Å²) < 4.78 is 32.2. The van der Waals surface area contributed by atoms with Gasteiger partial charge >= 0.3 is 6.09 Å². The number of aliphatic hydroxyl groups is 1. The molecule has 1 amide bonds. The Hall–Kier alpha value is -1.88. The molecule has 9 nitrogen and oxygen atoms in total. The Morgan fingerprint density at radius 1 is 1.32 bits per heavy atom. The van der Waals surface area contributed by atoms with Crippen LogP contribution in [0.4, 0.5) is 4.79 Å². The van der Waals surface area contributed by atoms with Crippen LogP contribution in [0.2, 0.25) is 0 Å². The van der Waals surface area contributed by atoms with Gasteiger partial charge in [0.15, 0.2) is 0 Å². The molecule has 0 radical (unpaired) electrons. The van der Waals surface area contributed by atoms with Crippen LogP contribution in [-0.2, 0) is 10.0 Å². The molecule has 1 aromatic carbocycles. The lowest BCUT2D eigenvalue weighted by atomic mass is 10.2. The molecule has 0 aromatic heterocycles. The van der Waals surface area contributed by atoms with Crippen molar-refractivity contribution in [1.29, 1.82) is 0 Å². The molecule has 2 atom stereocenters. The second kappa shape index (κ2) is 9.56. The first-order valence-electron chi connectivity index (χ1n) is 7.77. The van der Waals surface area contributed by atoms with Crippen molar-refractivity contribution in [2.24, 2.45) is 5.73 Å². The van der Waals surface area contributed by atoms with E-state index in [0.29, 0.717) is 25.1 Å². The Labute approximate surface area is 147 Å². The summed E-state index contributed by atoms with van der Waals surface area (Å²) in [5.41, 5.74) is 5.39. The number of benzene rings is 1. The van der Waals surface area contributed by atoms with Gasteiger partial charge in [0, 0.05) is 6.54 Å². The summed E-state index contributed by atoms with van der Waals surface area (Å²) in [6.45, 7) is 1.76. The van der Waals surface area contributed by atoms with Crippen molar-refractivity contribution in [3.63, 3.8) is 0 Å². The molecule has 1 rings (SSSR count). The van der Waals surface area contributed by atoms with Gasteiger partial charge in [-0.25, -0.2) is 13.2 Å². The SMILES string of the molecule is COc1ccc(S(=O)(=O)NC(C(C)O)N(CCCCN)C(=O)O)cc1. The van der Waals surface area contributed by atoms with Crippen LogP contribution in [-0.4, -0.2) is 62.1 Å². The lowest BCUT2D eigenvalue weighted by Crippen LogP contribution is -2.56. The third-order valence-corrected chi connectivity index (χ3v) is 4.98. The van der Waals surface area contributed by atoms with Crippen LogP contribution in [0.1, 0.15) is 19.8 Å². The maximum Gasteiger partial charge on any atom is 0.408 e.